The van der Waals surface area contributed by atoms with Crippen molar-refractivity contribution in [2.75, 3.05) is 19.8 Å². The van der Waals surface area contributed by atoms with Gasteiger partial charge in [0.2, 0.25) is 0 Å². The Balaban J connectivity index is 2.17. The molecule has 0 aliphatic carbocycles. The monoisotopic (exact) mass is 245 g/mol. The quantitative estimate of drug-likeness (QED) is 0.763. The van der Waals surface area contributed by atoms with E-state index in [4.69, 9.17) is 14.7 Å². The number of hydrogen-bond donors (Lipinski definition) is 0. The number of benzene rings is 1. The molecule has 0 spiro atoms. The average Bonchev–Trinajstić information content (AvgIpc) is 2.88. The van der Waals surface area contributed by atoms with Gasteiger partial charge in [0.05, 0.1) is 19.8 Å². The van der Waals surface area contributed by atoms with Crippen molar-refractivity contribution >= 4 is 5.57 Å². The Kier molecular flexibility index (Phi) is 2.77. The van der Waals surface area contributed by atoms with Gasteiger partial charge < -0.3 is 9.47 Å². The van der Waals surface area contributed by atoms with Crippen molar-refractivity contribution in [2.45, 2.75) is 12.8 Å². The van der Waals surface area contributed by atoms with Gasteiger partial charge in [0, 0.05) is 12.0 Å². The summed E-state index contributed by atoms with van der Waals surface area (Å²) >= 11 is 0. The van der Waals surface area contributed by atoms with E-state index in [0.717, 1.165) is 29.5 Å². The van der Waals surface area contributed by atoms with E-state index >= 15 is 0 Å². The lowest BCUT2D eigenvalue weighted by molar-refractivity contribution is 0.161. The smallest absolute Gasteiger partial charge is 0.145 e. The summed E-state index contributed by atoms with van der Waals surface area (Å²) in [4.78, 5) is 0. The molecular formula is C14H12FNO2. The molecule has 2 aliphatic rings. The number of rotatable bonds is 1. The molecule has 0 N–H and O–H groups in total. The van der Waals surface area contributed by atoms with Crippen molar-refractivity contribution in [3.8, 4) is 11.8 Å². The highest BCUT2D eigenvalue weighted by Crippen LogP contribution is 2.38. The normalized spacial score (nSPS) is 17.7. The highest BCUT2D eigenvalue weighted by Gasteiger charge is 2.25. The molecular weight excluding hydrogens is 233 g/mol. The second kappa shape index (κ2) is 4.43. The topological polar surface area (TPSA) is 42.2 Å². The molecule has 3 nitrogen and oxygen atoms in total. The fourth-order valence-corrected chi connectivity index (χ4v) is 2.49. The molecule has 1 aromatic rings. The van der Waals surface area contributed by atoms with Gasteiger partial charge in [-0.05, 0) is 23.6 Å². The number of nitriles is 1. The van der Waals surface area contributed by atoms with Crippen LogP contribution in [0, 0.1) is 17.1 Å². The molecule has 2 aliphatic heterocycles. The molecule has 1 aromatic carbocycles. The number of hydrogen-bond acceptors (Lipinski definition) is 3. The van der Waals surface area contributed by atoms with Gasteiger partial charge in [-0.1, -0.05) is 6.08 Å². The zero-order valence-corrected chi connectivity index (χ0v) is 9.83. The molecule has 0 bridgehead atoms. The minimum absolute atomic E-state index is 0.0268. The molecule has 0 radical (unpaired) electrons. The van der Waals surface area contributed by atoms with E-state index in [-0.39, 0.29) is 5.56 Å². The summed E-state index contributed by atoms with van der Waals surface area (Å²) in [6.07, 6.45) is 3.48. The average molecular weight is 245 g/mol. The van der Waals surface area contributed by atoms with E-state index in [9.17, 15) is 4.39 Å². The Morgan fingerprint density at radius 3 is 2.89 bits per heavy atom. The van der Waals surface area contributed by atoms with Crippen molar-refractivity contribution in [1.29, 1.82) is 5.26 Å². The lowest BCUT2D eigenvalue weighted by Gasteiger charge is -2.16. The Bertz CT molecular complexity index is 572. The molecule has 92 valence electrons. The van der Waals surface area contributed by atoms with Crippen LogP contribution < -0.4 is 4.74 Å². The minimum Gasteiger partial charge on any atom is -0.491 e. The van der Waals surface area contributed by atoms with Crippen LogP contribution in [0.4, 0.5) is 4.39 Å². The third kappa shape index (κ3) is 1.68. The maximum Gasteiger partial charge on any atom is 0.145 e. The number of fused-ring (bicyclic) bond motifs is 1. The van der Waals surface area contributed by atoms with Crippen LogP contribution in [0.1, 0.15) is 23.1 Å². The summed E-state index contributed by atoms with van der Waals surface area (Å²) in [5.41, 5.74) is 2.95. The highest BCUT2D eigenvalue weighted by atomic mass is 19.1. The Labute approximate surface area is 104 Å². The highest BCUT2D eigenvalue weighted by molar-refractivity contribution is 5.73. The lowest BCUT2D eigenvalue weighted by atomic mass is 9.93. The largest absolute Gasteiger partial charge is 0.491 e. The Morgan fingerprint density at radius 1 is 1.28 bits per heavy atom. The fourth-order valence-electron chi connectivity index (χ4n) is 2.49. The van der Waals surface area contributed by atoms with Crippen LogP contribution in [0.3, 0.4) is 0 Å². The van der Waals surface area contributed by atoms with Crippen LogP contribution in [0.25, 0.3) is 5.57 Å². The third-order valence-corrected chi connectivity index (χ3v) is 3.36. The fraction of sp³-hybridized carbons (Fsp3) is 0.357. The van der Waals surface area contributed by atoms with Gasteiger partial charge in [0.15, 0.2) is 0 Å². The first-order chi connectivity index (χ1) is 8.81. The minimum atomic E-state index is -0.499. The summed E-state index contributed by atoms with van der Waals surface area (Å²) in [5, 5.41) is 8.98. The molecule has 0 aromatic heterocycles. The lowest BCUT2D eigenvalue weighted by Crippen LogP contribution is -2.06. The van der Waals surface area contributed by atoms with E-state index in [1.807, 2.05) is 12.1 Å². The first kappa shape index (κ1) is 11.2. The number of ether oxygens (including phenoxy) is 2. The second-order valence-corrected chi connectivity index (χ2v) is 4.35. The summed E-state index contributed by atoms with van der Waals surface area (Å²) in [7, 11) is 0. The zero-order chi connectivity index (χ0) is 12.5. The van der Waals surface area contributed by atoms with E-state index in [1.54, 1.807) is 0 Å². The molecule has 3 rings (SSSR count). The van der Waals surface area contributed by atoms with Gasteiger partial charge in [-0.15, -0.1) is 0 Å². The standard InChI is InChI=1S/C14H12FNO2/c15-13-7-11(9-1-4-17-5-2-9)10-3-6-18-14(10)12(13)8-16/h1,7H,2-6H2. The van der Waals surface area contributed by atoms with E-state index in [1.165, 1.54) is 6.07 Å². The molecule has 0 amide bonds. The van der Waals surface area contributed by atoms with Crippen molar-refractivity contribution in [1.82, 2.24) is 0 Å². The maximum atomic E-state index is 13.9. The van der Waals surface area contributed by atoms with Crippen LogP contribution in [0.2, 0.25) is 0 Å². The molecule has 0 saturated heterocycles. The predicted molar refractivity (Wildman–Crippen MR) is 63.7 cm³/mol. The third-order valence-electron chi connectivity index (χ3n) is 3.36. The van der Waals surface area contributed by atoms with Crippen molar-refractivity contribution < 1.29 is 13.9 Å². The first-order valence-electron chi connectivity index (χ1n) is 5.96. The Morgan fingerprint density at radius 2 is 2.17 bits per heavy atom. The van der Waals surface area contributed by atoms with E-state index in [2.05, 4.69) is 0 Å². The van der Waals surface area contributed by atoms with Crippen molar-refractivity contribution in [3.63, 3.8) is 0 Å². The Hall–Kier alpha value is -1.86. The molecule has 0 unspecified atom stereocenters. The molecule has 0 fully saturated rings. The van der Waals surface area contributed by atoms with Crippen LogP contribution >= 0.6 is 0 Å². The van der Waals surface area contributed by atoms with Gasteiger partial charge in [0.1, 0.15) is 23.2 Å². The van der Waals surface area contributed by atoms with Gasteiger partial charge in [0.25, 0.3) is 0 Å². The summed E-state index contributed by atoms with van der Waals surface area (Å²) < 4.78 is 24.6. The van der Waals surface area contributed by atoms with Crippen molar-refractivity contribution in [3.05, 3.63) is 34.6 Å². The number of nitrogens with zero attached hydrogens (tertiary/aromatic N) is 1. The summed E-state index contributed by atoms with van der Waals surface area (Å²) in [5.74, 6) is -0.0690. The zero-order valence-electron chi connectivity index (χ0n) is 9.83. The van der Waals surface area contributed by atoms with E-state index < -0.39 is 5.82 Å². The van der Waals surface area contributed by atoms with Gasteiger partial charge >= 0.3 is 0 Å². The molecule has 0 atom stereocenters. The summed E-state index contributed by atoms with van der Waals surface area (Å²) in [6, 6.07) is 3.34. The molecule has 4 heteroatoms. The predicted octanol–water partition coefficient (Wildman–Crippen LogP) is 2.44. The number of halogens is 1. The van der Waals surface area contributed by atoms with Crippen LogP contribution in [0.5, 0.6) is 5.75 Å². The van der Waals surface area contributed by atoms with Crippen LogP contribution in [-0.2, 0) is 11.2 Å². The van der Waals surface area contributed by atoms with Crippen LogP contribution in [-0.4, -0.2) is 19.8 Å². The van der Waals surface area contributed by atoms with Gasteiger partial charge in [-0.25, -0.2) is 4.39 Å². The van der Waals surface area contributed by atoms with E-state index in [0.29, 0.717) is 25.6 Å². The first-order valence-corrected chi connectivity index (χ1v) is 5.96. The SMILES string of the molecule is N#Cc1c(F)cc(C2=CCOCC2)c2c1OCC2. The second-order valence-electron chi connectivity index (χ2n) is 4.35. The van der Waals surface area contributed by atoms with Gasteiger partial charge in [-0.3, -0.25) is 0 Å². The molecule has 2 heterocycles. The van der Waals surface area contributed by atoms with Crippen LogP contribution in [0.15, 0.2) is 12.1 Å². The molecule has 18 heavy (non-hydrogen) atoms. The summed E-state index contributed by atoms with van der Waals surface area (Å²) in [6.45, 7) is 1.74. The maximum absolute atomic E-state index is 13.9. The van der Waals surface area contributed by atoms with Crippen molar-refractivity contribution in [2.24, 2.45) is 0 Å². The molecule has 0 saturated carbocycles. The van der Waals surface area contributed by atoms with Gasteiger partial charge in [-0.2, -0.15) is 5.26 Å².